The quantitative estimate of drug-likeness (QED) is 0.587. The third-order valence-corrected chi connectivity index (χ3v) is 4.86. The Hall–Kier alpha value is -1.62. The summed E-state index contributed by atoms with van der Waals surface area (Å²) in [5, 5.41) is 1.48. The molecule has 3 nitrogen and oxygen atoms in total. The number of ether oxygens (including phenoxy) is 1. The molecule has 6 heteroatoms. The fraction of sp³-hybridized carbons (Fsp3) is 0.278. The number of halogens is 3. The molecular weight excluding hydrogens is 350 g/mol. The number of aromatic nitrogens is 2. The normalized spacial score (nSPS) is 17.7. The molecule has 24 heavy (non-hydrogen) atoms. The summed E-state index contributed by atoms with van der Waals surface area (Å²) in [5.74, 6) is -0.434. The van der Waals surface area contributed by atoms with E-state index in [2.05, 4.69) is 4.98 Å². The predicted octanol–water partition coefficient (Wildman–Crippen LogP) is 5.33. The third kappa shape index (κ3) is 2.90. The molecule has 0 N–H and O–H groups in total. The molecule has 1 aromatic carbocycles. The molecular formula is C18H15Cl2FN2O. The summed E-state index contributed by atoms with van der Waals surface area (Å²) >= 11 is 11.9. The first kappa shape index (κ1) is 15.9. The van der Waals surface area contributed by atoms with Crippen molar-refractivity contribution in [2.45, 2.75) is 25.5 Å². The zero-order valence-corrected chi connectivity index (χ0v) is 14.3. The van der Waals surface area contributed by atoms with Crippen LogP contribution in [0.5, 0.6) is 0 Å². The smallest absolute Gasteiger partial charge is 0.142 e. The highest BCUT2D eigenvalue weighted by molar-refractivity contribution is 6.31. The Morgan fingerprint density at radius 2 is 2.12 bits per heavy atom. The molecule has 4 rings (SSSR count). The van der Waals surface area contributed by atoms with Crippen molar-refractivity contribution in [3.63, 3.8) is 0 Å². The maximum absolute atomic E-state index is 13.9. The van der Waals surface area contributed by atoms with Crippen LogP contribution in [0.2, 0.25) is 10.2 Å². The largest absolute Gasteiger partial charge is 0.376 e. The molecule has 0 unspecified atom stereocenters. The van der Waals surface area contributed by atoms with Crippen LogP contribution in [-0.2, 0) is 11.3 Å². The topological polar surface area (TPSA) is 27.1 Å². The van der Waals surface area contributed by atoms with Gasteiger partial charge in [-0.1, -0.05) is 29.3 Å². The highest BCUT2D eigenvalue weighted by atomic mass is 35.5. The summed E-state index contributed by atoms with van der Waals surface area (Å²) in [4.78, 5) is 4.46. The first-order valence-corrected chi connectivity index (χ1v) is 8.60. The third-order valence-electron chi connectivity index (χ3n) is 4.34. The lowest BCUT2D eigenvalue weighted by Gasteiger charge is -2.11. The minimum absolute atomic E-state index is 0.114. The molecule has 1 saturated heterocycles. The average molecular weight is 365 g/mol. The van der Waals surface area contributed by atoms with E-state index in [9.17, 15) is 4.39 Å². The molecule has 0 radical (unpaired) electrons. The summed E-state index contributed by atoms with van der Waals surface area (Å²) in [6.07, 6.45) is 4.27. The highest BCUT2D eigenvalue weighted by Gasteiger charge is 2.19. The van der Waals surface area contributed by atoms with E-state index in [0.29, 0.717) is 11.7 Å². The van der Waals surface area contributed by atoms with Gasteiger partial charge in [-0.25, -0.2) is 9.37 Å². The summed E-state index contributed by atoms with van der Waals surface area (Å²) in [5.41, 5.74) is 2.45. The maximum Gasteiger partial charge on any atom is 0.142 e. The van der Waals surface area contributed by atoms with Gasteiger partial charge in [-0.15, -0.1) is 0 Å². The van der Waals surface area contributed by atoms with E-state index in [4.69, 9.17) is 27.9 Å². The molecule has 1 aliphatic heterocycles. The lowest BCUT2D eigenvalue weighted by atomic mass is 10.1. The van der Waals surface area contributed by atoms with Crippen molar-refractivity contribution in [1.29, 1.82) is 0 Å². The Kier molecular flexibility index (Phi) is 4.21. The molecule has 0 bridgehead atoms. The first-order valence-electron chi connectivity index (χ1n) is 7.84. The number of benzene rings is 1. The number of hydrogen-bond donors (Lipinski definition) is 0. The average Bonchev–Trinajstić information content (AvgIpc) is 3.19. The van der Waals surface area contributed by atoms with Crippen LogP contribution in [0, 0.1) is 5.82 Å². The molecule has 0 aliphatic carbocycles. The van der Waals surface area contributed by atoms with Crippen molar-refractivity contribution in [2.75, 3.05) is 6.61 Å². The fourth-order valence-corrected chi connectivity index (χ4v) is 3.44. The summed E-state index contributed by atoms with van der Waals surface area (Å²) in [6, 6.07) is 8.49. The van der Waals surface area contributed by atoms with Gasteiger partial charge in [0.25, 0.3) is 0 Å². The first-order chi connectivity index (χ1) is 11.6. The molecule has 1 fully saturated rings. The molecule has 3 heterocycles. The van der Waals surface area contributed by atoms with Gasteiger partial charge in [-0.3, -0.25) is 0 Å². The molecule has 2 aromatic heterocycles. The van der Waals surface area contributed by atoms with Crippen LogP contribution in [0.25, 0.3) is 22.2 Å². The van der Waals surface area contributed by atoms with Crippen molar-refractivity contribution in [1.82, 2.24) is 9.55 Å². The SMILES string of the molecule is Fc1cc(-c2cn(C[C@H]3CCCO3)c3nc(Cl)ccc23)ccc1Cl. The second-order valence-electron chi connectivity index (χ2n) is 5.96. The molecule has 0 saturated carbocycles. The van der Waals surface area contributed by atoms with E-state index < -0.39 is 5.82 Å². The summed E-state index contributed by atoms with van der Waals surface area (Å²) < 4.78 is 21.6. The van der Waals surface area contributed by atoms with Crippen molar-refractivity contribution < 1.29 is 9.13 Å². The fourth-order valence-electron chi connectivity index (χ4n) is 3.18. The van der Waals surface area contributed by atoms with Gasteiger partial charge in [0.2, 0.25) is 0 Å². The Labute approximate surface area is 149 Å². The number of hydrogen-bond acceptors (Lipinski definition) is 2. The van der Waals surface area contributed by atoms with E-state index in [0.717, 1.165) is 41.6 Å². The van der Waals surface area contributed by atoms with Gasteiger partial charge >= 0.3 is 0 Å². The molecule has 124 valence electrons. The van der Waals surface area contributed by atoms with E-state index in [-0.39, 0.29) is 11.1 Å². The van der Waals surface area contributed by atoms with Gasteiger partial charge in [0.15, 0.2) is 0 Å². The lowest BCUT2D eigenvalue weighted by molar-refractivity contribution is 0.0979. The Morgan fingerprint density at radius 1 is 1.25 bits per heavy atom. The van der Waals surface area contributed by atoms with Crippen LogP contribution in [-0.4, -0.2) is 22.3 Å². The minimum atomic E-state index is -0.434. The molecule has 1 atom stereocenters. The Morgan fingerprint density at radius 3 is 2.88 bits per heavy atom. The van der Waals surface area contributed by atoms with E-state index in [1.165, 1.54) is 6.07 Å². The predicted molar refractivity (Wildman–Crippen MR) is 94.1 cm³/mol. The van der Waals surface area contributed by atoms with Gasteiger partial charge in [-0.05, 0) is 42.7 Å². The Balaban J connectivity index is 1.84. The van der Waals surface area contributed by atoms with Crippen LogP contribution in [0.15, 0.2) is 36.5 Å². The molecule has 0 spiro atoms. The van der Waals surface area contributed by atoms with E-state index in [1.807, 2.05) is 22.9 Å². The Bertz CT molecular complexity index is 903. The van der Waals surface area contributed by atoms with Gasteiger partial charge in [0, 0.05) is 23.8 Å². The highest BCUT2D eigenvalue weighted by Crippen LogP contribution is 2.33. The van der Waals surface area contributed by atoms with Crippen LogP contribution < -0.4 is 0 Å². The monoisotopic (exact) mass is 364 g/mol. The van der Waals surface area contributed by atoms with Crippen molar-refractivity contribution in [3.05, 3.63) is 52.5 Å². The lowest BCUT2D eigenvalue weighted by Crippen LogP contribution is -2.14. The minimum Gasteiger partial charge on any atom is -0.376 e. The number of fused-ring (bicyclic) bond motifs is 1. The van der Waals surface area contributed by atoms with Crippen LogP contribution in [0.1, 0.15) is 12.8 Å². The van der Waals surface area contributed by atoms with Crippen molar-refractivity contribution in [3.8, 4) is 11.1 Å². The second-order valence-corrected chi connectivity index (χ2v) is 6.76. The summed E-state index contributed by atoms with van der Waals surface area (Å²) in [6.45, 7) is 1.51. The number of pyridine rings is 1. The van der Waals surface area contributed by atoms with Crippen LogP contribution in [0.3, 0.4) is 0 Å². The van der Waals surface area contributed by atoms with Crippen molar-refractivity contribution in [2.24, 2.45) is 0 Å². The van der Waals surface area contributed by atoms with Gasteiger partial charge in [0.05, 0.1) is 17.7 Å². The number of rotatable bonds is 3. The zero-order valence-electron chi connectivity index (χ0n) is 12.8. The zero-order chi connectivity index (χ0) is 16.7. The standard InChI is InChI=1S/C18H15Cl2FN2O/c19-15-5-3-11(8-16(15)21)14-10-23(9-12-2-1-7-24-12)18-13(14)4-6-17(20)22-18/h3-6,8,10,12H,1-2,7,9H2/t12-/m1/s1. The van der Waals surface area contributed by atoms with Crippen LogP contribution in [0.4, 0.5) is 4.39 Å². The van der Waals surface area contributed by atoms with Gasteiger partial charge in [0.1, 0.15) is 16.6 Å². The molecule has 1 aliphatic rings. The van der Waals surface area contributed by atoms with Gasteiger partial charge in [-0.2, -0.15) is 0 Å². The molecule has 0 amide bonds. The maximum atomic E-state index is 13.9. The van der Waals surface area contributed by atoms with Gasteiger partial charge < -0.3 is 9.30 Å². The summed E-state index contributed by atoms with van der Waals surface area (Å²) in [7, 11) is 0. The van der Waals surface area contributed by atoms with Crippen molar-refractivity contribution >= 4 is 34.2 Å². The van der Waals surface area contributed by atoms with E-state index >= 15 is 0 Å². The molecule has 3 aromatic rings. The van der Waals surface area contributed by atoms with E-state index in [1.54, 1.807) is 12.1 Å². The number of nitrogens with zero attached hydrogens (tertiary/aromatic N) is 2. The van der Waals surface area contributed by atoms with Crippen LogP contribution >= 0.6 is 23.2 Å². The second kappa shape index (κ2) is 6.36.